The molecule has 0 fully saturated rings. The van der Waals surface area contributed by atoms with Crippen LogP contribution >= 0.6 is 11.3 Å². The monoisotopic (exact) mass is 391 g/mol. The molecule has 27 heavy (non-hydrogen) atoms. The summed E-state index contributed by atoms with van der Waals surface area (Å²) in [6.45, 7) is 1.88. The molecule has 1 atom stereocenters. The lowest BCUT2D eigenvalue weighted by Crippen LogP contribution is -2.28. The SMILES string of the molecule is CC(NC(=O)Cc1csc(-c2ccc(C(F)(F)F)cc2)n1)c1ccncc1. The van der Waals surface area contributed by atoms with Crippen LogP contribution in [0.1, 0.15) is 29.8 Å². The predicted octanol–water partition coefficient (Wildman–Crippen LogP) is 4.64. The van der Waals surface area contributed by atoms with Gasteiger partial charge in [0.2, 0.25) is 5.91 Å². The molecule has 4 nitrogen and oxygen atoms in total. The van der Waals surface area contributed by atoms with E-state index in [4.69, 9.17) is 0 Å². The first-order valence-corrected chi connectivity index (χ1v) is 9.02. The first-order chi connectivity index (χ1) is 12.8. The molecule has 0 spiro atoms. The minimum absolute atomic E-state index is 0.104. The average Bonchev–Trinajstić information content (AvgIpc) is 3.10. The maximum absolute atomic E-state index is 12.6. The number of carbonyl (C=O) groups is 1. The fraction of sp³-hybridized carbons (Fsp3) is 0.211. The number of rotatable bonds is 5. The van der Waals surface area contributed by atoms with Gasteiger partial charge in [-0.1, -0.05) is 12.1 Å². The maximum Gasteiger partial charge on any atom is 0.416 e. The largest absolute Gasteiger partial charge is 0.416 e. The van der Waals surface area contributed by atoms with Crippen molar-refractivity contribution in [2.75, 3.05) is 0 Å². The third-order valence-corrected chi connectivity index (χ3v) is 4.88. The number of nitrogens with zero attached hydrogens (tertiary/aromatic N) is 2. The highest BCUT2D eigenvalue weighted by Gasteiger charge is 2.30. The third-order valence-electron chi connectivity index (χ3n) is 3.94. The van der Waals surface area contributed by atoms with Gasteiger partial charge in [-0.05, 0) is 36.8 Å². The topological polar surface area (TPSA) is 54.9 Å². The van der Waals surface area contributed by atoms with Gasteiger partial charge in [0.25, 0.3) is 0 Å². The van der Waals surface area contributed by atoms with Crippen LogP contribution < -0.4 is 5.32 Å². The third kappa shape index (κ3) is 4.91. The molecule has 0 saturated carbocycles. The standard InChI is InChI=1S/C19H16F3N3OS/c1-12(13-6-8-23-9-7-13)24-17(26)10-16-11-27-18(25-16)14-2-4-15(5-3-14)19(20,21)22/h2-9,11-12H,10H2,1H3,(H,24,26). The smallest absolute Gasteiger partial charge is 0.349 e. The van der Waals surface area contributed by atoms with E-state index in [1.165, 1.54) is 23.5 Å². The van der Waals surface area contributed by atoms with Gasteiger partial charge < -0.3 is 5.32 Å². The van der Waals surface area contributed by atoms with E-state index >= 15 is 0 Å². The Morgan fingerprint density at radius 3 is 2.44 bits per heavy atom. The highest BCUT2D eigenvalue weighted by molar-refractivity contribution is 7.13. The Balaban J connectivity index is 1.63. The van der Waals surface area contributed by atoms with Crippen molar-refractivity contribution in [2.45, 2.75) is 25.6 Å². The van der Waals surface area contributed by atoms with E-state index in [-0.39, 0.29) is 18.4 Å². The van der Waals surface area contributed by atoms with Crippen LogP contribution in [0.4, 0.5) is 13.2 Å². The molecular formula is C19H16F3N3OS. The summed E-state index contributed by atoms with van der Waals surface area (Å²) in [5.74, 6) is -0.177. The summed E-state index contributed by atoms with van der Waals surface area (Å²) in [6.07, 6.45) is -0.938. The first-order valence-electron chi connectivity index (χ1n) is 8.14. The highest BCUT2D eigenvalue weighted by atomic mass is 32.1. The van der Waals surface area contributed by atoms with E-state index in [9.17, 15) is 18.0 Å². The molecule has 0 bridgehead atoms. The Hall–Kier alpha value is -2.74. The summed E-state index contributed by atoms with van der Waals surface area (Å²) in [4.78, 5) is 20.5. The Labute approximate surface area is 158 Å². The zero-order valence-electron chi connectivity index (χ0n) is 14.3. The summed E-state index contributed by atoms with van der Waals surface area (Å²) < 4.78 is 37.9. The van der Waals surface area contributed by atoms with E-state index < -0.39 is 11.7 Å². The number of nitrogens with one attached hydrogen (secondary N) is 1. The molecule has 0 saturated heterocycles. The number of carbonyl (C=O) groups excluding carboxylic acids is 1. The Morgan fingerprint density at radius 1 is 1.15 bits per heavy atom. The minimum Gasteiger partial charge on any atom is -0.349 e. The molecule has 140 valence electrons. The Kier molecular flexibility index (Phi) is 5.55. The molecule has 3 aromatic rings. The number of alkyl halides is 3. The number of hydrogen-bond acceptors (Lipinski definition) is 4. The quantitative estimate of drug-likeness (QED) is 0.689. The van der Waals surface area contributed by atoms with Gasteiger partial charge in [-0.15, -0.1) is 11.3 Å². The number of thiazole rings is 1. The van der Waals surface area contributed by atoms with Crippen molar-refractivity contribution in [2.24, 2.45) is 0 Å². The van der Waals surface area contributed by atoms with Crippen molar-refractivity contribution in [3.05, 3.63) is 71.0 Å². The molecule has 8 heteroatoms. The van der Waals surface area contributed by atoms with Gasteiger partial charge in [0.15, 0.2) is 0 Å². The van der Waals surface area contributed by atoms with Crippen molar-refractivity contribution in [3.8, 4) is 10.6 Å². The van der Waals surface area contributed by atoms with Crippen LogP contribution in [0.3, 0.4) is 0 Å². The second-order valence-electron chi connectivity index (χ2n) is 5.97. The minimum atomic E-state index is -4.36. The molecule has 1 amide bonds. The molecule has 2 heterocycles. The van der Waals surface area contributed by atoms with Gasteiger partial charge >= 0.3 is 6.18 Å². The van der Waals surface area contributed by atoms with Crippen LogP contribution in [0.5, 0.6) is 0 Å². The second-order valence-corrected chi connectivity index (χ2v) is 6.82. The van der Waals surface area contributed by atoms with Gasteiger partial charge in [-0.2, -0.15) is 13.2 Å². The van der Waals surface area contributed by atoms with Crippen LogP contribution in [-0.4, -0.2) is 15.9 Å². The van der Waals surface area contributed by atoms with E-state index in [0.717, 1.165) is 17.7 Å². The van der Waals surface area contributed by atoms with Crippen LogP contribution in [0.15, 0.2) is 54.2 Å². The Bertz CT molecular complexity index is 908. The summed E-state index contributed by atoms with van der Waals surface area (Å²) in [5, 5.41) is 5.21. The van der Waals surface area contributed by atoms with Crippen molar-refractivity contribution in [1.82, 2.24) is 15.3 Å². The summed E-state index contributed by atoms with van der Waals surface area (Å²) >= 11 is 1.29. The summed E-state index contributed by atoms with van der Waals surface area (Å²) in [5.41, 5.74) is 1.41. The zero-order chi connectivity index (χ0) is 19.4. The van der Waals surface area contributed by atoms with Crippen LogP contribution in [0, 0.1) is 0 Å². The van der Waals surface area contributed by atoms with Gasteiger partial charge in [0.05, 0.1) is 23.7 Å². The first kappa shape index (κ1) is 19.0. The lowest BCUT2D eigenvalue weighted by molar-refractivity contribution is -0.137. The summed E-state index contributed by atoms with van der Waals surface area (Å²) in [7, 11) is 0. The van der Waals surface area contributed by atoms with E-state index in [1.807, 2.05) is 19.1 Å². The molecule has 0 aliphatic heterocycles. The van der Waals surface area contributed by atoms with Crippen molar-refractivity contribution in [3.63, 3.8) is 0 Å². The molecule has 1 unspecified atom stereocenters. The van der Waals surface area contributed by atoms with Crippen LogP contribution in [0.25, 0.3) is 10.6 Å². The molecule has 3 rings (SSSR count). The normalized spacial score (nSPS) is 12.6. The predicted molar refractivity (Wildman–Crippen MR) is 97.1 cm³/mol. The number of aromatic nitrogens is 2. The van der Waals surface area contributed by atoms with Gasteiger partial charge in [0.1, 0.15) is 5.01 Å². The van der Waals surface area contributed by atoms with Crippen molar-refractivity contribution >= 4 is 17.2 Å². The number of pyridine rings is 1. The van der Waals surface area contributed by atoms with Crippen LogP contribution in [0.2, 0.25) is 0 Å². The number of hydrogen-bond donors (Lipinski definition) is 1. The zero-order valence-corrected chi connectivity index (χ0v) is 15.1. The molecule has 1 N–H and O–H groups in total. The lowest BCUT2D eigenvalue weighted by Gasteiger charge is -2.13. The van der Waals surface area contributed by atoms with E-state index in [0.29, 0.717) is 16.3 Å². The van der Waals surface area contributed by atoms with Gasteiger partial charge in [-0.25, -0.2) is 4.98 Å². The summed E-state index contributed by atoms with van der Waals surface area (Å²) in [6, 6.07) is 8.33. The van der Waals surface area contributed by atoms with Crippen molar-refractivity contribution < 1.29 is 18.0 Å². The average molecular weight is 391 g/mol. The second kappa shape index (κ2) is 7.87. The van der Waals surface area contributed by atoms with Gasteiger partial charge in [0, 0.05) is 23.3 Å². The maximum atomic E-state index is 12.6. The fourth-order valence-electron chi connectivity index (χ4n) is 2.52. The number of benzene rings is 1. The molecule has 2 aromatic heterocycles. The fourth-order valence-corrected chi connectivity index (χ4v) is 3.34. The molecule has 0 radical (unpaired) electrons. The van der Waals surface area contributed by atoms with Crippen LogP contribution in [-0.2, 0) is 17.4 Å². The van der Waals surface area contributed by atoms with E-state index in [1.54, 1.807) is 17.8 Å². The molecule has 0 aliphatic rings. The molecular weight excluding hydrogens is 375 g/mol. The van der Waals surface area contributed by atoms with Gasteiger partial charge in [-0.3, -0.25) is 9.78 Å². The number of halogens is 3. The Morgan fingerprint density at radius 2 is 1.81 bits per heavy atom. The van der Waals surface area contributed by atoms with Crippen molar-refractivity contribution in [1.29, 1.82) is 0 Å². The lowest BCUT2D eigenvalue weighted by atomic mass is 10.1. The number of amides is 1. The molecule has 0 aliphatic carbocycles. The molecule has 1 aromatic carbocycles. The van der Waals surface area contributed by atoms with E-state index in [2.05, 4.69) is 15.3 Å². The highest BCUT2D eigenvalue weighted by Crippen LogP contribution is 2.31.